The fourth-order valence-electron chi connectivity index (χ4n) is 3.89. The van der Waals surface area contributed by atoms with Gasteiger partial charge in [-0.3, -0.25) is 4.79 Å². The van der Waals surface area contributed by atoms with Crippen LogP contribution in [0.1, 0.15) is 31.4 Å². The van der Waals surface area contributed by atoms with Gasteiger partial charge >= 0.3 is 0 Å². The third kappa shape index (κ3) is 3.82. The molecule has 2 heterocycles. The van der Waals surface area contributed by atoms with Gasteiger partial charge in [-0.2, -0.15) is 4.31 Å². The number of hydrogen-bond acceptors (Lipinski definition) is 6. The second-order valence-electron chi connectivity index (χ2n) is 7.22. The lowest BCUT2D eigenvalue weighted by molar-refractivity contribution is -0.114. The van der Waals surface area contributed by atoms with Crippen molar-refractivity contribution in [3.8, 4) is 17.2 Å². The molecule has 1 fully saturated rings. The van der Waals surface area contributed by atoms with Crippen LogP contribution < -0.4 is 19.5 Å². The molecular weight excluding hydrogens is 408 g/mol. The second-order valence-corrected chi connectivity index (χ2v) is 9.11. The van der Waals surface area contributed by atoms with E-state index >= 15 is 0 Å². The van der Waals surface area contributed by atoms with E-state index in [0.717, 1.165) is 18.4 Å². The number of benzene rings is 2. The molecule has 4 rings (SSSR count). The molecule has 0 aliphatic carbocycles. The van der Waals surface area contributed by atoms with E-state index in [1.165, 1.54) is 30.5 Å². The van der Waals surface area contributed by atoms with Crippen LogP contribution in [0.2, 0.25) is 0 Å². The standard InChI is InChI=1S/C21H24N2O6S/c1-14(24)22-17-7-6-16(13-20(17)27-2)30(25,26)23-9-3-4-18(23)15-5-8-19-21(12-15)29-11-10-28-19/h5-8,12-13,18H,3-4,9-11H2,1-2H3,(H,22,24)/t18-/m1/s1. The molecule has 0 unspecified atom stereocenters. The van der Waals surface area contributed by atoms with E-state index in [0.29, 0.717) is 42.7 Å². The largest absolute Gasteiger partial charge is 0.495 e. The van der Waals surface area contributed by atoms with Crippen LogP contribution in [0.4, 0.5) is 5.69 Å². The van der Waals surface area contributed by atoms with Gasteiger partial charge in [0.05, 0.1) is 23.7 Å². The number of hydrogen-bond donors (Lipinski definition) is 1. The first-order valence-corrected chi connectivity index (χ1v) is 11.2. The molecule has 9 heteroatoms. The summed E-state index contributed by atoms with van der Waals surface area (Å²) in [5, 5.41) is 2.64. The molecule has 8 nitrogen and oxygen atoms in total. The van der Waals surface area contributed by atoms with E-state index in [4.69, 9.17) is 14.2 Å². The van der Waals surface area contributed by atoms with E-state index in [1.807, 2.05) is 18.2 Å². The number of nitrogens with zero attached hydrogens (tertiary/aromatic N) is 1. The molecule has 0 bridgehead atoms. The number of carbonyl (C=O) groups excluding carboxylic acids is 1. The number of ether oxygens (including phenoxy) is 3. The Balaban J connectivity index is 1.66. The van der Waals surface area contributed by atoms with Crippen LogP contribution >= 0.6 is 0 Å². The second kappa shape index (κ2) is 8.16. The minimum atomic E-state index is -3.77. The average molecular weight is 432 g/mol. The van der Waals surface area contributed by atoms with Gasteiger partial charge in [0.15, 0.2) is 11.5 Å². The Kier molecular flexibility index (Phi) is 5.57. The van der Waals surface area contributed by atoms with Crippen molar-refractivity contribution >= 4 is 21.6 Å². The number of sulfonamides is 1. The first kappa shape index (κ1) is 20.5. The zero-order valence-electron chi connectivity index (χ0n) is 16.9. The highest BCUT2D eigenvalue weighted by Crippen LogP contribution is 2.41. The molecule has 160 valence electrons. The van der Waals surface area contributed by atoms with E-state index in [-0.39, 0.29) is 16.8 Å². The highest BCUT2D eigenvalue weighted by Gasteiger charge is 2.37. The topological polar surface area (TPSA) is 94.2 Å². The van der Waals surface area contributed by atoms with Crippen LogP contribution in [0.15, 0.2) is 41.3 Å². The monoisotopic (exact) mass is 432 g/mol. The van der Waals surface area contributed by atoms with Crippen LogP contribution in [0.5, 0.6) is 17.2 Å². The summed E-state index contributed by atoms with van der Waals surface area (Å²) in [5.41, 5.74) is 1.30. The van der Waals surface area contributed by atoms with Gasteiger partial charge in [0.1, 0.15) is 19.0 Å². The Bertz CT molecular complexity index is 1070. The molecule has 2 aliphatic rings. The molecule has 1 amide bonds. The van der Waals surface area contributed by atoms with Gasteiger partial charge in [0.2, 0.25) is 15.9 Å². The lowest BCUT2D eigenvalue weighted by Gasteiger charge is -2.26. The van der Waals surface area contributed by atoms with E-state index < -0.39 is 10.0 Å². The molecule has 1 saturated heterocycles. The van der Waals surface area contributed by atoms with Gasteiger partial charge in [0.25, 0.3) is 0 Å². The maximum absolute atomic E-state index is 13.4. The minimum Gasteiger partial charge on any atom is -0.495 e. The maximum Gasteiger partial charge on any atom is 0.243 e. The first-order valence-electron chi connectivity index (χ1n) is 9.77. The summed E-state index contributed by atoms with van der Waals surface area (Å²) in [5.74, 6) is 1.35. The zero-order valence-corrected chi connectivity index (χ0v) is 17.7. The summed E-state index contributed by atoms with van der Waals surface area (Å²) in [4.78, 5) is 11.5. The Labute approximate surface area is 175 Å². The number of methoxy groups -OCH3 is 1. The van der Waals surface area contributed by atoms with Crippen molar-refractivity contribution in [3.63, 3.8) is 0 Å². The number of fused-ring (bicyclic) bond motifs is 1. The van der Waals surface area contributed by atoms with E-state index in [9.17, 15) is 13.2 Å². The Morgan fingerprint density at radius 1 is 1.13 bits per heavy atom. The third-order valence-corrected chi connectivity index (χ3v) is 7.15. The molecular formula is C21H24N2O6S. The Hall–Kier alpha value is -2.78. The van der Waals surface area contributed by atoms with E-state index in [1.54, 1.807) is 6.07 Å². The molecule has 1 atom stereocenters. The Morgan fingerprint density at radius 2 is 1.90 bits per heavy atom. The van der Waals surface area contributed by atoms with Crippen LogP contribution in [-0.2, 0) is 14.8 Å². The van der Waals surface area contributed by atoms with Gasteiger partial charge in [-0.05, 0) is 42.7 Å². The van der Waals surface area contributed by atoms with Gasteiger partial charge in [-0.15, -0.1) is 0 Å². The van der Waals surface area contributed by atoms with Gasteiger partial charge in [0, 0.05) is 19.5 Å². The summed E-state index contributed by atoms with van der Waals surface area (Å²) >= 11 is 0. The fourth-order valence-corrected chi connectivity index (χ4v) is 5.59. The highest BCUT2D eigenvalue weighted by atomic mass is 32.2. The quantitative estimate of drug-likeness (QED) is 0.781. The average Bonchev–Trinajstić information content (AvgIpc) is 3.24. The van der Waals surface area contributed by atoms with Crippen molar-refractivity contribution < 1.29 is 27.4 Å². The summed E-state index contributed by atoms with van der Waals surface area (Å²) < 4.78 is 44.9. The van der Waals surface area contributed by atoms with Crippen molar-refractivity contribution in [2.75, 3.05) is 32.2 Å². The van der Waals surface area contributed by atoms with Crippen molar-refractivity contribution in [2.45, 2.75) is 30.7 Å². The predicted molar refractivity (Wildman–Crippen MR) is 111 cm³/mol. The van der Waals surface area contributed by atoms with Crippen molar-refractivity contribution in [3.05, 3.63) is 42.0 Å². The lowest BCUT2D eigenvalue weighted by atomic mass is 10.0. The van der Waals surface area contributed by atoms with Crippen LogP contribution in [0.25, 0.3) is 0 Å². The van der Waals surface area contributed by atoms with Crippen LogP contribution in [0.3, 0.4) is 0 Å². The molecule has 0 aromatic heterocycles. The van der Waals surface area contributed by atoms with E-state index in [2.05, 4.69) is 5.32 Å². The minimum absolute atomic E-state index is 0.123. The number of nitrogens with one attached hydrogen (secondary N) is 1. The molecule has 30 heavy (non-hydrogen) atoms. The molecule has 2 aromatic rings. The molecule has 0 saturated carbocycles. The first-order chi connectivity index (χ1) is 14.4. The number of carbonyl (C=O) groups is 1. The van der Waals surface area contributed by atoms with Gasteiger partial charge < -0.3 is 19.5 Å². The number of anilines is 1. The summed E-state index contributed by atoms with van der Waals surface area (Å²) in [6.45, 7) is 2.79. The maximum atomic E-state index is 13.4. The molecule has 2 aromatic carbocycles. The molecule has 2 aliphatic heterocycles. The third-order valence-electron chi connectivity index (χ3n) is 5.24. The smallest absolute Gasteiger partial charge is 0.243 e. The summed E-state index contributed by atoms with van der Waals surface area (Å²) in [6.07, 6.45) is 1.49. The fraction of sp³-hybridized carbons (Fsp3) is 0.381. The summed E-state index contributed by atoms with van der Waals surface area (Å²) in [7, 11) is -2.33. The molecule has 0 spiro atoms. The lowest BCUT2D eigenvalue weighted by Crippen LogP contribution is -2.31. The van der Waals surface area contributed by atoms with Crippen molar-refractivity contribution in [1.29, 1.82) is 0 Å². The van der Waals surface area contributed by atoms with Crippen LogP contribution in [0, 0.1) is 0 Å². The SMILES string of the molecule is COc1cc(S(=O)(=O)N2CCC[C@@H]2c2ccc3c(c2)OCCO3)ccc1NC(C)=O. The normalized spacial score (nSPS) is 18.8. The summed E-state index contributed by atoms with van der Waals surface area (Å²) in [6, 6.07) is 9.79. The highest BCUT2D eigenvalue weighted by molar-refractivity contribution is 7.89. The Morgan fingerprint density at radius 3 is 2.63 bits per heavy atom. The zero-order chi connectivity index (χ0) is 21.3. The van der Waals surface area contributed by atoms with Crippen LogP contribution in [-0.4, -0.2) is 45.5 Å². The van der Waals surface area contributed by atoms with Crippen molar-refractivity contribution in [1.82, 2.24) is 4.31 Å². The van der Waals surface area contributed by atoms with Crippen molar-refractivity contribution in [2.24, 2.45) is 0 Å². The molecule has 1 N–H and O–H groups in total. The number of amides is 1. The predicted octanol–water partition coefficient (Wildman–Crippen LogP) is 2.95. The number of rotatable bonds is 5. The molecule has 0 radical (unpaired) electrons. The van der Waals surface area contributed by atoms with Gasteiger partial charge in [-0.25, -0.2) is 8.42 Å². The van der Waals surface area contributed by atoms with Gasteiger partial charge in [-0.1, -0.05) is 6.07 Å².